The Morgan fingerprint density at radius 3 is 2.32 bits per heavy atom. The molecule has 2 rings (SSSR count). The molecule has 1 aromatic rings. The molecule has 2 N–H and O–H groups in total. The number of hydrogen-bond donors (Lipinski definition) is 1. The fraction of sp³-hybridized carbons (Fsp3) is 0.462. The molecule has 1 fully saturated rings. The van der Waals surface area contributed by atoms with E-state index in [4.69, 9.17) is 26.6 Å². The summed E-state index contributed by atoms with van der Waals surface area (Å²) in [5, 5.41) is 0.452. The molecule has 1 saturated heterocycles. The lowest BCUT2D eigenvalue weighted by molar-refractivity contribution is 0.00578. The highest BCUT2D eigenvalue weighted by Gasteiger charge is 2.49. The van der Waals surface area contributed by atoms with E-state index in [1.54, 1.807) is 12.1 Å². The number of aromatic nitrogens is 1. The summed E-state index contributed by atoms with van der Waals surface area (Å²) in [6, 6.07) is 3.51. The predicted molar refractivity (Wildman–Crippen MR) is 78.8 cm³/mol. The second-order valence-electron chi connectivity index (χ2n) is 5.59. The average Bonchev–Trinajstić information content (AvgIpc) is 2.49. The number of pyridine rings is 1. The van der Waals surface area contributed by atoms with E-state index >= 15 is 0 Å². The predicted octanol–water partition coefficient (Wildman–Crippen LogP) is 2.96. The highest BCUT2D eigenvalue weighted by molar-refractivity contribution is 6.52. The van der Waals surface area contributed by atoms with E-state index < -0.39 is 0 Å². The Kier molecular flexibility index (Phi) is 3.64. The van der Waals surface area contributed by atoms with Crippen LogP contribution in [0.2, 0.25) is 5.02 Å². The molecule has 19 heavy (non-hydrogen) atoms. The molecule has 0 aromatic carbocycles. The first-order chi connectivity index (χ1) is 8.71. The molecule has 0 aliphatic carbocycles. The van der Waals surface area contributed by atoms with Gasteiger partial charge in [-0.25, -0.2) is 4.98 Å². The molecule has 0 radical (unpaired) electrons. The Morgan fingerprint density at radius 2 is 1.79 bits per heavy atom. The molecule has 0 atom stereocenters. The molecule has 0 amide bonds. The molecule has 2 heterocycles. The molecule has 0 bridgehead atoms. The van der Waals surface area contributed by atoms with Gasteiger partial charge >= 0.3 is 7.12 Å². The first kappa shape index (κ1) is 14.4. The second-order valence-corrected chi connectivity index (χ2v) is 5.99. The molecule has 0 unspecified atom stereocenters. The quantitative estimate of drug-likeness (QED) is 0.846. The molecule has 0 saturated carbocycles. The first-order valence-corrected chi connectivity index (χ1v) is 6.55. The van der Waals surface area contributed by atoms with Crippen molar-refractivity contribution in [3.8, 4) is 0 Å². The molecule has 0 spiro atoms. The second kappa shape index (κ2) is 4.82. The molecule has 1 aliphatic heterocycles. The van der Waals surface area contributed by atoms with E-state index in [-0.39, 0.29) is 18.3 Å². The van der Waals surface area contributed by atoms with E-state index in [0.717, 1.165) is 5.69 Å². The number of halogens is 1. The van der Waals surface area contributed by atoms with Gasteiger partial charge in [-0.1, -0.05) is 17.6 Å². The zero-order chi connectivity index (χ0) is 14.3. The molecular formula is C13H18BClN2O2. The Morgan fingerprint density at radius 1 is 1.21 bits per heavy atom. The van der Waals surface area contributed by atoms with Gasteiger partial charge in [0, 0.05) is 0 Å². The summed E-state index contributed by atoms with van der Waals surface area (Å²) in [6.07, 6.45) is 1.81. The monoisotopic (exact) mass is 280 g/mol. The van der Waals surface area contributed by atoms with E-state index in [2.05, 4.69) is 4.98 Å². The van der Waals surface area contributed by atoms with Gasteiger partial charge in [0.25, 0.3) is 0 Å². The minimum absolute atomic E-state index is 0.317. The molecule has 1 aliphatic rings. The molecule has 1 aromatic heterocycles. The van der Waals surface area contributed by atoms with Crippen LogP contribution in [0.1, 0.15) is 33.4 Å². The maximum Gasteiger partial charge on any atom is 0.487 e. The fourth-order valence-corrected chi connectivity index (χ4v) is 1.82. The Bertz CT molecular complexity index is 501. The topological polar surface area (TPSA) is 57.4 Å². The van der Waals surface area contributed by atoms with Crippen LogP contribution >= 0.6 is 11.6 Å². The van der Waals surface area contributed by atoms with E-state index in [0.29, 0.717) is 10.8 Å². The third-order valence-corrected chi connectivity index (χ3v) is 3.91. The average molecular weight is 281 g/mol. The van der Waals surface area contributed by atoms with Gasteiger partial charge in [-0.3, -0.25) is 0 Å². The molecule has 102 valence electrons. The number of hydrogen-bond acceptors (Lipinski definition) is 4. The van der Waals surface area contributed by atoms with Gasteiger partial charge in [0.2, 0.25) is 0 Å². The van der Waals surface area contributed by atoms with Crippen molar-refractivity contribution in [3.05, 3.63) is 28.8 Å². The van der Waals surface area contributed by atoms with Gasteiger partial charge in [0.1, 0.15) is 5.82 Å². The summed E-state index contributed by atoms with van der Waals surface area (Å²) < 4.78 is 11.7. The normalized spacial score (nSPS) is 21.2. The summed E-state index contributed by atoms with van der Waals surface area (Å²) in [4.78, 5) is 4.15. The van der Waals surface area contributed by atoms with Gasteiger partial charge in [0.15, 0.2) is 0 Å². The van der Waals surface area contributed by atoms with Crippen LogP contribution in [0.15, 0.2) is 18.1 Å². The summed E-state index contributed by atoms with van der Waals surface area (Å²) in [6.45, 7) is 8.05. The lowest BCUT2D eigenvalue weighted by atomic mass is 9.89. The van der Waals surface area contributed by atoms with Crippen molar-refractivity contribution in [2.75, 3.05) is 5.73 Å². The van der Waals surface area contributed by atoms with Crippen LogP contribution < -0.4 is 5.73 Å². The van der Waals surface area contributed by atoms with Gasteiger partial charge in [0.05, 0.1) is 21.9 Å². The Hall–Kier alpha value is -1.04. The number of nitrogens with two attached hydrogens (primary N) is 1. The van der Waals surface area contributed by atoms with Gasteiger partial charge in [-0.2, -0.15) is 0 Å². The third-order valence-electron chi connectivity index (χ3n) is 3.59. The summed E-state index contributed by atoms with van der Waals surface area (Å²) in [5.74, 6) is 2.14. The van der Waals surface area contributed by atoms with Crippen molar-refractivity contribution < 1.29 is 9.31 Å². The van der Waals surface area contributed by atoms with Crippen LogP contribution in [0.5, 0.6) is 0 Å². The lowest BCUT2D eigenvalue weighted by Crippen LogP contribution is -2.41. The SMILES string of the molecule is CC1(C)OB(/C=C/c2ccc(Cl)c(N)n2)OC1(C)C. The van der Waals surface area contributed by atoms with Crippen LogP contribution in [0.25, 0.3) is 6.08 Å². The van der Waals surface area contributed by atoms with Crippen LogP contribution in [0.3, 0.4) is 0 Å². The van der Waals surface area contributed by atoms with Crippen molar-refractivity contribution in [1.29, 1.82) is 0 Å². The van der Waals surface area contributed by atoms with Crippen LogP contribution in [-0.2, 0) is 9.31 Å². The maximum absolute atomic E-state index is 5.85. The fourth-order valence-electron chi connectivity index (χ4n) is 1.71. The smallest absolute Gasteiger partial charge is 0.400 e. The lowest BCUT2D eigenvalue weighted by Gasteiger charge is -2.32. The summed E-state index contributed by atoms with van der Waals surface area (Å²) >= 11 is 5.82. The van der Waals surface area contributed by atoms with Gasteiger partial charge in [-0.05, 0) is 45.9 Å². The van der Waals surface area contributed by atoms with Crippen LogP contribution in [0.4, 0.5) is 5.82 Å². The molecule has 4 nitrogen and oxygen atoms in total. The van der Waals surface area contributed by atoms with E-state index in [9.17, 15) is 0 Å². The minimum atomic E-state index is -0.385. The number of nitrogen functional groups attached to an aromatic ring is 1. The van der Waals surface area contributed by atoms with Crippen molar-refractivity contribution >= 4 is 30.6 Å². The van der Waals surface area contributed by atoms with Gasteiger partial charge in [-0.15, -0.1) is 0 Å². The van der Waals surface area contributed by atoms with Crippen LogP contribution in [0, 0.1) is 0 Å². The van der Waals surface area contributed by atoms with E-state index in [1.807, 2.05) is 39.7 Å². The highest BCUT2D eigenvalue weighted by atomic mass is 35.5. The zero-order valence-electron chi connectivity index (χ0n) is 11.6. The first-order valence-electron chi connectivity index (χ1n) is 6.17. The summed E-state index contributed by atoms with van der Waals surface area (Å²) in [5.41, 5.74) is 5.69. The number of rotatable bonds is 2. The maximum atomic E-state index is 5.85. The zero-order valence-corrected chi connectivity index (χ0v) is 12.4. The van der Waals surface area contributed by atoms with Crippen LogP contribution in [-0.4, -0.2) is 23.3 Å². The van der Waals surface area contributed by atoms with Crippen molar-refractivity contribution in [2.45, 2.75) is 38.9 Å². The van der Waals surface area contributed by atoms with Crippen molar-refractivity contribution in [3.63, 3.8) is 0 Å². The van der Waals surface area contributed by atoms with Crippen molar-refractivity contribution in [2.24, 2.45) is 0 Å². The highest BCUT2D eigenvalue weighted by Crippen LogP contribution is 2.37. The standard InChI is InChI=1S/C13H18BClN2O2/c1-12(2)13(3,4)19-14(18-12)8-7-9-5-6-10(15)11(16)17-9/h5-8H,1-4H3,(H2,16,17)/b8-7+. The molecular weight excluding hydrogens is 262 g/mol. The number of nitrogens with zero attached hydrogens (tertiary/aromatic N) is 1. The Balaban J connectivity index is 2.10. The van der Waals surface area contributed by atoms with Crippen molar-refractivity contribution in [1.82, 2.24) is 4.98 Å². The third kappa shape index (κ3) is 2.94. The van der Waals surface area contributed by atoms with E-state index in [1.165, 1.54) is 0 Å². The largest absolute Gasteiger partial charge is 0.487 e. The molecule has 6 heteroatoms. The van der Waals surface area contributed by atoms with Gasteiger partial charge < -0.3 is 15.0 Å². The summed E-state index contributed by atoms with van der Waals surface area (Å²) in [7, 11) is -0.385. The number of anilines is 1. The Labute approximate surface area is 119 Å². The minimum Gasteiger partial charge on any atom is -0.400 e.